The van der Waals surface area contributed by atoms with Gasteiger partial charge in [-0.3, -0.25) is 9.69 Å². The third-order valence-corrected chi connectivity index (χ3v) is 3.80. The van der Waals surface area contributed by atoms with Crippen molar-refractivity contribution < 1.29 is 4.79 Å². The van der Waals surface area contributed by atoms with E-state index in [2.05, 4.69) is 10.2 Å². The molecule has 16 heavy (non-hydrogen) atoms. The Morgan fingerprint density at radius 3 is 2.94 bits per heavy atom. The molecule has 0 aromatic carbocycles. The summed E-state index contributed by atoms with van der Waals surface area (Å²) < 4.78 is 0. The van der Waals surface area contributed by atoms with Gasteiger partial charge in [0.05, 0.1) is 17.1 Å². The predicted octanol–water partition coefficient (Wildman–Crippen LogP) is 0.406. The van der Waals surface area contributed by atoms with Gasteiger partial charge in [-0.1, -0.05) is 12.2 Å². The number of carbonyl (C=O) groups excluding carboxylic acids is 1. The third-order valence-electron chi connectivity index (χ3n) is 3.53. The fourth-order valence-corrected chi connectivity index (χ4v) is 2.96. The Hall–Kier alpha value is -0.680. The first-order valence-corrected chi connectivity index (χ1v) is 6.44. The highest BCUT2D eigenvalue weighted by Gasteiger charge is 2.36. The van der Waals surface area contributed by atoms with Crippen molar-refractivity contribution >= 4 is 23.1 Å². The molecule has 4 nitrogen and oxygen atoms in total. The van der Waals surface area contributed by atoms with E-state index >= 15 is 0 Å². The second kappa shape index (κ2) is 5.10. The van der Waals surface area contributed by atoms with Crippen molar-refractivity contribution in [3.05, 3.63) is 0 Å². The maximum absolute atomic E-state index is 11.9. The monoisotopic (exact) mass is 241 g/mol. The highest BCUT2D eigenvalue weighted by Crippen LogP contribution is 2.24. The second-order valence-corrected chi connectivity index (χ2v) is 5.07. The van der Waals surface area contributed by atoms with Gasteiger partial charge in [-0.2, -0.15) is 0 Å². The van der Waals surface area contributed by atoms with Gasteiger partial charge in [0.25, 0.3) is 0 Å². The van der Waals surface area contributed by atoms with E-state index in [-0.39, 0.29) is 18.0 Å². The summed E-state index contributed by atoms with van der Waals surface area (Å²) in [5.74, 6) is 0.153. The maximum Gasteiger partial charge on any atom is 0.237 e. The summed E-state index contributed by atoms with van der Waals surface area (Å²) in [6.07, 6.45) is 5.20. The van der Waals surface area contributed by atoms with Crippen molar-refractivity contribution in [3.63, 3.8) is 0 Å². The number of likely N-dealkylation sites (tertiary alicyclic amines) is 1. The number of nitrogens with two attached hydrogens (primary N) is 1. The Morgan fingerprint density at radius 2 is 2.19 bits per heavy atom. The van der Waals surface area contributed by atoms with Gasteiger partial charge in [-0.15, -0.1) is 0 Å². The van der Waals surface area contributed by atoms with Crippen LogP contribution in [0.5, 0.6) is 0 Å². The maximum atomic E-state index is 11.9. The molecule has 2 rings (SSSR count). The molecule has 2 atom stereocenters. The minimum absolute atomic E-state index is 0.0171. The molecule has 0 aromatic heterocycles. The average Bonchev–Trinajstić information content (AvgIpc) is 2.63. The summed E-state index contributed by atoms with van der Waals surface area (Å²) in [5.41, 5.74) is 5.74. The molecule has 0 aliphatic carbocycles. The topological polar surface area (TPSA) is 58.4 Å². The van der Waals surface area contributed by atoms with Gasteiger partial charge in [-0.25, -0.2) is 0 Å². The van der Waals surface area contributed by atoms with Gasteiger partial charge >= 0.3 is 0 Å². The first-order valence-electron chi connectivity index (χ1n) is 6.03. The standard InChI is InChI=1S/C11H19N3OS/c12-10(16)8-5-3-7-14(8)9-4-1-2-6-13-11(9)15/h8-9H,1-7H2,(H2,12,16)(H,13,15). The lowest BCUT2D eigenvalue weighted by atomic mass is 10.1. The lowest BCUT2D eigenvalue weighted by Crippen LogP contribution is -2.51. The summed E-state index contributed by atoms with van der Waals surface area (Å²) >= 11 is 5.08. The van der Waals surface area contributed by atoms with Crippen molar-refractivity contribution in [3.8, 4) is 0 Å². The summed E-state index contributed by atoms with van der Waals surface area (Å²) in [6.45, 7) is 1.75. The number of nitrogens with one attached hydrogen (secondary N) is 1. The van der Waals surface area contributed by atoms with Crippen LogP contribution in [0.25, 0.3) is 0 Å². The van der Waals surface area contributed by atoms with Crippen LogP contribution in [0.15, 0.2) is 0 Å². The van der Waals surface area contributed by atoms with Crippen molar-refractivity contribution in [2.24, 2.45) is 5.73 Å². The Bertz CT molecular complexity index is 295. The second-order valence-electron chi connectivity index (χ2n) is 4.60. The van der Waals surface area contributed by atoms with E-state index < -0.39 is 0 Å². The highest BCUT2D eigenvalue weighted by molar-refractivity contribution is 7.80. The Kier molecular flexibility index (Phi) is 3.76. The van der Waals surface area contributed by atoms with Gasteiger partial charge in [0, 0.05) is 6.54 Å². The van der Waals surface area contributed by atoms with Crippen LogP contribution in [-0.4, -0.2) is 41.0 Å². The van der Waals surface area contributed by atoms with E-state index in [4.69, 9.17) is 18.0 Å². The molecule has 3 N–H and O–H groups in total. The molecule has 0 aromatic rings. The van der Waals surface area contributed by atoms with E-state index in [1.54, 1.807) is 0 Å². The molecule has 5 heteroatoms. The number of nitrogens with zero attached hydrogens (tertiary/aromatic N) is 1. The minimum atomic E-state index is -0.0171. The molecule has 2 heterocycles. The van der Waals surface area contributed by atoms with Crippen LogP contribution in [0.1, 0.15) is 32.1 Å². The molecule has 2 aliphatic rings. The van der Waals surface area contributed by atoms with Crippen LogP contribution in [0.2, 0.25) is 0 Å². The number of hydrogen-bond acceptors (Lipinski definition) is 3. The van der Waals surface area contributed by atoms with Crippen molar-refractivity contribution in [1.82, 2.24) is 10.2 Å². The van der Waals surface area contributed by atoms with Crippen molar-refractivity contribution in [1.29, 1.82) is 0 Å². The Morgan fingerprint density at radius 1 is 1.38 bits per heavy atom. The molecule has 2 fully saturated rings. The van der Waals surface area contributed by atoms with Crippen molar-refractivity contribution in [2.45, 2.75) is 44.2 Å². The third kappa shape index (κ3) is 2.35. The van der Waals surface area contributed by atoms with Crippen LogP contribution < -0.4 is 11.1 Å². The van der Waals surface area contributed by atoms with E-state index in [0.29, 0.717) is 4.99 Å². The average molecular weight is 241 g/mol. The highest BCUT2D eigenvalue weighted by atomic mass is 32.1. The molecule has 1 amide bonds. The van der Waals surface area contributed by atoms with E-state index in [1.165, 1.54) is 0 Å². The van der Waals surface area contributed by atoms with Crippen LogP contribution in [-0.2, 0) is 4.79 Å². The number of thiocarbonyl (C=S) groups is 1. The first-order chi connectivity index (χ1) is 7.70. The van der Waals surface area contributed by atoms with Crippen LogP contribution in [0.4, 0.5) is 0 Å². The molecule has 90 valence electrons. The number of hydrogen-bond donors (Lipinski definition) is 2. The zero-order valence-corrected chi connectivity index (χ0v) is 10.3. The number of carbonyl (C=O) groups is 1. The molecule has 0 spiro atoms. The fraction of sp³-hybridized carbons (Fsp3) is 0.818. The molecule has 2 saturated heterocycles. The fourth-order valence-electron chi connectivity index (χ4n) is 2.71. The Labute approximate surface area is 102 Å². The molecular weight excluding hydrogens is 222 g/mol. The number of amides is 1. The molecule has 0 saturated carbocycles. The summed E-state index contributed by atoms with van der Waals surface area (Å²) in [6, 6.07) is 0.111. The first kappa shape index (κ1) is 11.8. The SMILES string of the molecule is NC(=S)C1CCCN1C1CCCCNC1=O. The minimum Gasteiger partial charge on any atom is -0.392 e. The van der Waals surface area contributed by atoms with Crippen LogP contribution in [0, 0.1) is 0 Å². The van der Waals surface area contributed by atoms with Gasteiger partial charge < -0.3 is 11.1 Å². The quantitative estimate of drug-likeness (QED) is 0.687. The van der Waals surface area contributed by atoms with Gasteiger partial charge in [0.15, 0.2) is 0 Å². The van der Waals surface area contributed by atoms with Gasteiger partial charge in [0.1, 0.15) is 0 Å². The summed E-state index contributed by atoms with van der Waals surface area (Å²) in [5, 5.41) is 2.97. The normalized spacial score (nSPS) is 32.1. The smallest absolute Gasteiger partial charge is 0.237 e. The lowest BCUT2D eigenvalue weighted by molar-refractivity contribution is -0.126. The van der Waals surface area contributed by atoms with E-state index in [0.717, 1.165) is 45.2 Å². The largest absolute Gasteiger partial charge is 0.392 e. The van der Waals surface area contributed by atoms with Gasteiger partial charge in [-0.05, 0) is 38.6 Å². The number of rotatable bonds is 2. The zero-order chi connectivity index (χ0) is 11.5. The molecule has 2 aliphatic heterocycles. The Balaban J connectivity index is 2.09. The van der Waals surface area contributed by atoms with E-state index in [1.807, 2.05) is 0 Å². The predicted molar refractivity (Wildman–Crippen MR) is 67.2 cm³/mol. The molecule has 2 unspecified atom stereocenters. The summed E-state index contributed by atoms with van der Waals surface area (Å²) in [4.78, 5) is 14.7. The van der Waals surface area contributed by atoms with Crippen molar-refractivity contribution in [2.75, 3.05) is 13.1 Å². The zero-order valence-electron chi connectivity index (χ0n) is 9.45. The van der Waals surface area contributed by atoms with Crippen LogP contribution >= 0.6 is 12.2 Å². The molecular formula is C11H19N3OS. The van der Waals surface area contributed by atoms with Gasteiger partial charge in [0.2, 0.25) is 5.91 Å². The van der Waals surface area contributed by atoms with Crippen LogP contribution in [0.3, 0.4) is 0 Å². The lowest BCUT2D eigenvalue weighted by Gasteiger charge is -2.30. The molecule has 0 bridgehead atoms. The summed E-state index contributed by atoms with van der Waals surface area (Å²) in [7, 11) is 0. The van der Waals surface area contributed by atoms with E-state index in [9.17, 15) is 4.79 Å². The molecule has 0 radical (unpaired) electrons.